The van der Waals surface area contributed by atoms with Gasteiger partial charge in [-0.05, 0) is 76.3 Å². The van der Waals surface area contributed by atoms with Gasteiger partial charge in [0.25, 0.3) is 5.56 Å². The van der Waals surface area contributed by atoms with Crippen LogP contribution in [0.4, 0.5) is 4.79 Å². The van der Waals surface area contributed by atoms with Crippen LogP contribution in [0.15, 0.2) is 29.1 Å². The SMILES string of the molecule is CCc1c2c(nc3ccc(OCOC)cc13)-c1cc3c(c(=O)n1C2)COC(=O)[C@@]3(CC)OC(=O)NCCCCCC(=O)OC(C)(C)C. The highest BCUT2D eigenvalue weighted by atomic mass is 16.7. The molecule has 1 aromatic carbocycles. The number of methoxy groups -OCH3 is 1. The molecular weight excluding hydrogens is 606 g/mol. The van der Waals surface area contributed by atoms with Gasteiger partial charge in [-0.2, -0.15) is 0 Å². The molecule has 0 fully saturated rings. The molecule has 1 amide bonds. The Morgan fingerprint density at radius 3 is 2.57 bits per heavy atom. The summed E-state index contributed by atoms with van der Waals surface area (Å²) in [4.78, 5) is 57.2. The van der Waals surface area contributed by atoms with Crippen molar-refractivity contribution in [2.24, 2.45) is 0 Å². The van der Waals surface area contributed by atoms with Crippen molar-refractivity contribution in [2.45, 2.75) is 97.5 Å². The number of fused-ring (bicyclic) bond motifs is 5. The van der Waals surface area contributed by atoms with Gasteiger partial charge in [-0.3, -0.25) is 9.59 Å². The minimum atomic E-state index is -1.80. The second-order valence-electron chi connectivity index (χ2n) is 12.8. The van der Waals surface area contributed by atoms with Crippen LogP contribution in [0.1, 0.15) is 89.0 Å². The molecule has 2 aliphatic heterocycles. The molecule has 12 heteroatoms. The average Bonchev–Trinajstić information content (AvgIpc) is 3.39. The molecule has 2 aliphatic rings. The molecule has 0 spiro atoms. The van der Waals surface area contributed by atoms with Gasteiger partial charge in [-0.15, -0.1) is 0 Å². The van der Waals surface area contributed by atoms with Crippen LogP contribution < -0.4 is 15.6 Å². The van der Waals surface area contributed by atoms with Gasteiger partial charge in [0.15, 0.2) is 6.79 Å². The minimum absolute atomic E-state index is 0.0630. The van der Waals surface area contributed by atoms with Crippen molar-refractivity contribution in [2.75, 3.05) is 20.4 Å². The number of amides is 1. The van der Waals surface area contributed by atoms with E-state index in [-0.39, 0.29) is 43.5 Å². The number of rotatable bonds is 12. The lowest BCUT2D eigenvalue weighted by Crippen LogP contribution is -2.49. The summed E-state index contributed by atoms with van der Waals surface area (Å²) < 4.78 is 29.0. The number of esters is 2. The maximum atomic E-state index is 14.0. The number of hydrogen-bond donors (Lipinski definition) is 1. The number of aromatic nitrogens is 2. The number of pyridine rings is 2. The number of hydrogen-bond acceptors (Lipinski definition) is 10. The molecule has 47 heavy (non-hydrogen) atoms. The number of unbranched alkanes of at least 4 members (excludes halogenated alkanes) is 2. The number of carbonyl (C=O) groups is 3. The zero-order valence-corrected chi connectivity index (χ0v) is 27.9. The fourth-order valence-corrected chi connectivity index (χ4v) is 6.27. The van der Waals surface area contributed by atoms with E-state index in [1.165, 1.54) is 0 Å². The zero-order chi connectivity index (χ0) is 33.9. The van der Waals surface area contributed by atoms with Crippen LogP contribution in [0.2, 0.25) is 0 Å². The summed E-state index contributed by atoms with van der Waals surface area (Å²) in [6.45, 7) is 9.73. The zero-order valence-electron chi connectivity index (χ0n) is 27.9. The van der Waals surface area contributed by atoms with Gasteiger partial charge < -0.3 is 33.6 Å². The van der Waals surface area contributed by atoms with E-state index in [0.29, 0.717) is 61.3 Å². The second kappa shape index (κ2) is 13.7. The largest absolute Gasteiger partial charge is 0.468 e. The van der Waals surface area contributed by atoms with E-state index >= 15 is 0 Å². The summed E-state index contributed by atoms with van der Waals surface area (Å²) in [5.41, 5.74) is 1.86. The van der Waals surface area contributed by atoms with Crippen LogP contribution in [-0.2, 0) is 53.7 Å². The number of nitrogens with zero attached hydrogens (tertiary/aromatic N) is 2. The minimum Gasteiger partial charge on any atom is -0.468 e. The molecule has 2 aromatic heterocycles. The molecule has 0 unspecified atom stereocenters. The Balaban J connectivity index is 1.38. The Kier molecular flexibility index (Phi) is 9.90. The number of benzene rings is 1. The van der Waals surface area contributed by atoms with E-state index < -0.39 is 23.3 Å². The third-order valence-electron chi connectivity index (χ3n) is 8.46. The Morgan fingerprint density at radius 1 is 1.09 bits per heavy atom. The first-order valence-electron chi connectivity index (χ1n) is 16.1. The van der Waals surface area contributed by atoms with Crippen LogP contribution in [0.25, 0.3) is 22.3 Å². The van der Waals surface area contributed by atoms with E-state index in [4.69, 9.17) is 28.7 Å². The number of nitrogens with one attached hydrogen (secondary N) is 1. The van der Waals surface area contributed by atoms with E-state index in [9.17, 15) is 19.2 Å². The highest BCUT2D eigenvalue weighted by molar-refractivity contribution is 5.90. The normalized spacial score (nSPS) is 16.6. The molecular formula is C35H43N3O9. The van der Waals surface area contributed by atoms with Crippen molar-refractivity contribution in [3.8, 4) is 17.1 Å². The number of alkyl carbamates (subject to hydrolysis) is 1. The summed E-state index contributed by atoms with van der Waals surface area (Å²) in [6.07, 6.45) is 2.16. The van der Waals surface area contributed by atoms with Gasteiger partial charge >= 0.3 is 18.0 Å². The first-order chi connectivity index (χ1) is 22.4. The maximum absolute atomic E-state index is 14.0. The molecule has 0 saturated carbocycles. The highest BCUT2D eigenvalue weighted by Crippen LogP contribution is 2.42. The molecule has 1 atom stereocenters. The van der Waals surface area contributed by atoms with E-state index in [2.05, 4.69) is 12.2 Å². The summed E-state index contributed by atoms with van der Waals surface area (Å²) in [6, 6.07) is 7.38. The quantitative estimate of drug-likeness (QED) is 0.0934. The molecule has 4 heterocycles. The number of aryl methyl sites for hydroxylation is 1. The van der Waals surface area contributed by atoms with Gasteiger partial charge in [-0.25, -0.2) is 14.6 Å². The van der Waals surface area contributed by atoms with Gasteiger partial charge in [-0.1, -0.05) is 20.3 Å². The van der Waals surface area contributed by atoms with Crippen molar-refractivity contribution in [3.63, 3.8) is 0 Å². The third kappa shape index (κ3) is 6.83. The van der Waals surface area contributed by atoms with Crippen LogP contribution >= 0.6 is 0 Å². The Hall–Kier alpha value is -4.45. The Morgan fingerprint density at radius 2 is 1.87 bits per heavy atom. The molecule has 0 aliphatic carbocycles. The maximum Gasteiger partial charge on any atom is 0.408 e. The second-order valence-corrected chi connectivity index (χ2v) is 12.8. The fourth-order valence-electron chi connectivity index (χ4n) is 6.27. The van der Waals surface area contributed by atoms with Gasteiger partial charge in [0.1, 0.15) is 18.0 Å². The molecule has 0 bridgehead atoms. The van der Waals surface area contributed by atoms with Crippen molar-refractivity contribution in [1.29, 1.82) is 0 Å². The molecule has 12 nitrogen and oxygen atoms in total. The van der Waals surface area contributed by atoms with E-state index in [1.807, 2.05) is 39.0 Å². The number of carbonyl (C=O) groups excluding carboxylic acids is 3. The number of cyclic esters (lactones) is 1. The standard InChI is InChI=1S/C35H43N3O9/c1-7-22-23-16-21(45-20-43-6)13-14-27(23)37-30-24(22)18-38-28(30)17-26-25(31(38)40)19-44-32(41)35(26,8-2)47-33(42)36-15-11-9-10-12-29(39)46-34(3,4)5/h13-14,16-17H,7-12,15,18-20H2,1-6H3,(H,36,42)/t35-/m0/s1. The lowest BCUT2D eigenvalue weighted by molar-refractivity contribution is -0.172. The predicted octanol–water partition coefficient (Wildman–Crippen LogP) is 5.26. The topological polar surface area (TPSA) is 144 Å². The lowest BCUT2D eigenvalue weighted by Gasteiger charge is -2.35. The van der Waals surface area contributed by atoms with Crippen LogP contribution in [0.3, 0.4) is 0 Å². The fraction of sp³-hybridized carbons (Fsp3) is 0.514. The molecule has 0 saturated heterocycles. The smallest absolute Gasteiger partial charge is 0.408 e. The van der Waals surface area contributed by atoms with Gasteiger partial charge in [0.05, 0.1) is 29.0 Å². The predicted molar refractivity (Wildman–Crippen MR) is 173 cm³/mol. The van der Waals surface area contributed by atoms with Crippen LogP contribution in [0.5, 0.6) is 5.75 Å². The first-order valence-corrected chi connectivity index (χ1v) is 16.1. The molecule has 5 rings (SSSR count). The van der Waals surface area contributed by atoms with Gasteiger partial charge in [0, 0.05) is 36.6 Å². The van der Waals surface area contributed by atoms with Crippen molar-refractivity contribution in [1.82, 2.24) is 14.9 Å². The molecule has 3 aromatic rings. The van der Waals surface area contributed by atoms with Crippen LogP contribution in [0, 0.1) is 0 Å². The summed E-state index contributed by atoms with van der Waals surface area (Å²) in [7, 11) is 1.56. The Bertz CT molecular complexity index is 1760. The molecule has 0 radical (unpaired) electrons. The summed E-state index contributed by atoms with van der Waals surface area (Å²) in [5.74, 6) is -0.337. The van der Waals surface area contributed by atoms with E-state index in [0.717, 1.165) is 22.0 Å². The van der Waals surface area contributed by atoms with E-state index in [1.54, 1.807) is 24.7 Å². The number of ether oxygens (including phenoxy) is 5. The summed E-state index contributed by atoms with van der Waals surface area (Å²) in [5, 5.41) is 3.63. The van der Waals surface area contributed by atoms with Crippen molar-refractivity contribution in [3.05, 3.63) is 56.9 Å². The summed E-state index contributed by atoms with van der Waals surface area (Å²) >= 11 is 0. The average molecular weight is 650 g/mol. The molecule has 252 valence electrons. The van der Waals surface area contributed by atoms with Crippen LogP contribution in [-0.4, -0.2) is 53.6 Å². The third-order valence-corrected chi connectivity index (χ3v) is 8.46. The lowest BCUT2D eigenvalue weighted by atomic mass is 9.85. The first kappa shape index (κ1) is 33.9. The van der Waals surface area contributed by atoms with Crippen molar-refractivity contribution < 1.29 is 38.1 Å². The highest BCUT2D eigenvalue weighted by Gasteiger charge is 2.50. The van der Waals surface area contributed by atoms with Crippen molar-refractivity contribution >= 4 is 28.9 Å². The monoisotopic (exact) mass is 649 g/mol. The van der Waals surface area contributed by atoms with Gasteiger partial charge in [0.2, 0.25) is 5.60 Å². The molecule has 1 N–H and O–H groups in total. The Labute approximate surface area is 273 Å².